The summed E-state index contributed by atoms with van der Waals surface area (Å²) in [6, 6.07) is 2.37. The van der Waals surface area contributed by atoms with Gasteiger partial charge in [0, 0.05) is 11.1 Å². The Hall–Kier alpha value is -1.33. The van der Waals surface area contributed by atoms with Crippen LogP contribution < -0.4 is 5.32 Å². The molecule has 2 heterocycles. The molecule has 0 spiro atoms. The van der Waals surface area contributed by atoms with Gasteiger partial charge >= 0.3 is 0 Å². The highest BCUT2D eigenvalue weighted by molar-refractivity contribution is 7.15. The number of nitrogens with one attached hydrogen (secondary N) is 1. The number of nitrogens with zero attached hydrogens (tertiary/aromatic N) is 3. The van der Waals surface area contributed by atoms with Crippen molar-refractivity contribution in [2.24, 2.45) is 0 Å². The van der Waals surface area contributed by atoms with Crippen LogP contribution in [0.5, 0.6) is 0 Å². The Morgan fingerprint density at radius 2 is 2.30 bits per heavy atom. The van der Waals surface area contributed by atoms with Crippen LogP contribution in [-0.4, -0.2) is 21.5 Å². The molecule has 1 aliphatic rings. The van der Waals surface area contributed by atoms with E-state index in [0.29, 0.717) is 6.04 Å². The molecule has 2 aromatic rings. The number of aromatic nitrogens is 3. The number of hydrogen-bond acceptors (Lipinski definition) is 5. The Morgan fingerprint density at radius 1 is 1.40 bits per heavy atom. The van der Waals surface area contributed by atoms with Crippen molar-refractivity contribution in [3.8, 4) is 10.7 Å². The molecule has 2 aromatic heterocycles. The van der Waals surface area contributed by atoms with E-state index in [1.165, 1.54) is 23.4 Å². The lowest BCUT2D eigenvalue weighted by atomic mass is 9.97. The summed E-state index contributed by atoms with van der Waals surface area (Å²) >= 11 is 1.79. The first kappa shape index (κ1) is 13.6. The second kappa shape index (κ2) is 5.97. The van der Waals surface area contributed by atoms with Crippen LogP contribution in [0.3, 0.4) is 0 Å². The zero-order valence-electron chi connectivity index (χ0n) is 12.0. The molecule has 0 aromatic carbocycles. The van der Waals surface area contributed by atoms with Crippen LogP contribution in [0.2, 0.25) is 0 Å². The van der Waals surface area contributed by atoms with Crippen LogP contribution >= 0.6 is 11.3 Å². The Morgan fingerprint density at radius 3 is 3.10 bits per heavy atom. The fraction of sp³-hybridized carbons (Fsp3) is 0.533. The normalized spacial score (nSPS) is 18.0. The van der Waals surface area contributed by atoms with Gasteiger partial charge in [-0.15, -0.1) is 11.3 Å². The van der Waals surface area contributed by atoms with Gasteiger partial charge in [-0.25, -0.2) is 15.0 Å². The molecular weight excluding hydrogens is 268 g/mol. The number of aryl methyl sites for hydroxylation is 2. The first-order valence-electron chi connectivity index (χ1n) is 7.31. The smallest absolute Gasteiger partial charge is 0.142 e. The maximum atomic E-state index is 4.86. The van der Waals surface area contributed by atoms with Crippen LogP contribution in [0.25, 0.3) is 10.7 Å². The van der Waals surface area contributed by atoms with E-state index < -0.39 is 0 Å². The average Bonchev–Trinajstić information content (AvgIpc) is 2.89. The molecule has 0 saturated heterocycles. The summed E-state index contributed by atoms with van der Waals surface area (Å²) in [5.41, 5.74) is 2.20. The lowest BCUT2D eigenvalue weighted by molar-refractivity contribution is 0.454. The lowest BCUT2D eigenvalue weighted by Gasteiger charge is -2.22. The van der Waals surface area contributed by atoms with E-state index in [0.717, 1.165) is 35.9 Å². The highest BCUT2D eigenvalue weighted by Crippen LogP contribution is 2.36. The predicted octanol–water partition coefficient (Wildman–Crippen LogP) is 3.29. The molecule has 1 N–H and O–H groups in total. The van der Waals surface area contributed by atoms with E-state index in [2.05, 4.69) is 22.2 Å². The van der Waals surface area contributed by atoms with Gasteiger partial charge in [0.05, 0.1) is 11.7 Å². The predicted molar refractivity (Wildman–Crippen MR) is 81.8 cm³/mol. The number of hydrogen-bond donors (Lipinski definition) is 1. The summed E-state index contributed by atoms with van der Waals surface area (Å²) in [7, 11) is 0. The zero-order valence-corrected chi connectivity index (χ0v) is 12.8. The third-order valence-corrected chi connectivity index (χ3v) is 4.74. The second-order valence-electron chi connectivity index (χ2n) is 5.22. The molecule has 0 radical (unpaired) electrons. The molecule has 0 bridgehead atoms. The Kier molecular flexibility index (Phi) is 4.08. The maximum absolute atomic E-state index is 4.86. The van der Waals surface area contributed by atoms with Crippen molar-refractivity contribution in [2.45, 2.75) is 45.6 Å². The molecule has 20 heavy (non-hydrogen) atoms. The van der Waals surface area contributed by atoms with Gasteiger partial charge in [-0.3, -0.25) is 0 Å². The summed E-state index contributed by atoms with van der Waals surface area (Å²) in [5, 5.41) is 4.65. The minimum Gasteiger partial charge on any atom is -0.309 e. The highest BCUT2D eigenvalue weighted by atomic mass is 32.1. The molecule has 3 rings (SSSR count). The third kappa shape index (κ3) is 2.74. The summed E-state index contributed by atoms with van der Waals surface area (Å²) in [4.78, 5) is 14.9. The molecule has 1 aliphatic carbocycles. The molecule has 1 atom stereocenters. The van der Waals surface area contributed by atoms with E-state index >= 15 is 0 Å². The van der Waals surface area contributed by atoms with Crippen molar-refractivity contribution < 1.29 is 0 Å². The van der Waals surface area contributed by atoms with Crippen molar-refractivity contribution in [2.75, 3.05) is 6.54 Å². The Labute approximate surface area is 123 Å². The van der Waals surface area contributed by atoms with Gasteiger partial charge in [0.1, 0.15) is 16.5 Å². The largest absolute Gasteiger partial charge is 0.309 e. The summed E-state index contributed by atoms with van der Waals surface area (Å²) in [5.74, 6) is 0.802. The molecule has 0 aliphatic heterocycles. The Bertz CT molecular complexity index is 593. The van der Waals surface area contributed by atoms with Gasteiger partial charge in [0.15, 0.2) is 0 Å². The molecule has 0 fully saturated rings. The molecule has 0 amide bonds. The van der Waals surface area contributed by atoms with Crippen LogP contribution in [-0.2, 0) is 6.42 Å². The summed E-state index contributed by atoms with van der Waals surface area (Å²) in [6.07, 6.45) is 6.57. The lowest BCUT2D eigenvalue weighted by Crippen LogP contribution is -2.25. The van der Waals surface area contributed by atoms with E-state index in [-0.39, 0.29) is 0 Å². The van der Waals surface area contributed by atoms with Gasteiger partial charge < -0.3 is 5.32 Å². The van der Waals surface area contributed by atoms with Crippen LogP contribution in [0.1, 0.15) is 48.6 Å². The van der Waals surface area contributed by atoms with Crippen molar-refractivity contribution in [3.63, 3.8) is 0 Å². The molecule has 1 unspecified atom stereocenters. The first-order valence-corrected chi connectivity index (χ1v) is 8.12. The Balaban J connectivity index is 1.91. The molecule has 5 heteroatoms. The van der Waals surface area contributed by atoms with Crippen LogP contribution in [0, 0.1) is 6.92 Å². The third-order valence-electron chi connectivity index (χ3n) is 3.59. The van der Waals surface area contributed by atoms with E-state index in [4.69, 9.17) is 4.98 Å². The maximum Gasteiger partial charge on any atom is 0.142 e. The minimum absolute atomic E-state index is 0.423. The van der Waals surface area contributed by atoms with Crippen molar-refractivity contribution in [1.82, 2.24) is 20.3 Å². The van der Waals surface area contributed by atoms with Crippen LogP contribution in [0.15, 0.2) is 12.3 Å². The molecule has 0 saturated carbocycles. The summed E-state index contributed by atoms with van der Waals surface area (Å²) < 4.78 is 0. The number of rotatable bonds is 4. The molecule has 106 valence electrons. The van der Waals surface area contributed by atoms with E-state index in [9.17, 15) is 0 Å². The topological polar surface area (TPSA) is 50.7 Å². The summed E-state index contributed by atoms with van der Waals surface area (Å²) in [6.45, 7) is 5.18. The SMILES string of the molecule is CCCNC1CCCc2sc(-c3ccnc(C)n3)nc21. The second-order valence-corrected chi connectivity index (χ2v) is 6.30. The van der Waals surface area contributed by atoms with E-state index in [1.54, 1.807) is 11.3 Å². The molecule has 4 nitrogen and oxygen atoms in total. The van der Waals surface area contributed by atoms with Gasteiger partial charge in [-0.1, -0.05) is 6.92 Å². The van der Waals surface area contributed by atoms with Crippen molar-refractivity contribution >= 4 is 11.3 Å². The van der Waals surface area contributed by atoms with Gasteiger partial charge in [-0.05, 0) is 45.2 Å². The minimum atomic E-state index is 0.423. The fourth-order valence-corrected chi connectivity index (χ4v) is 3.76. The highest BCUT2D eigenvalue weighted by Gasteiger charge is 2.24. The zero-order chi connectivity index (χ0) is 13.9. The number of thiazole rings is 1. The quantitative estimate of drug-likeness (QED) is 0.938. The van der Waals surface area contributed by atoms with Gasteiger partial charge in [-0.2, -0.15) is 0 Å². The standard InChI is InChI=1S/C15H20N4S/c1-3-8-17-11-5-4-6-13-14(11)19-15(20-13)12-7-9-16-10(2)18-12/h7,9,11,17H,3-6,8H2,1-2H3. The fourth-order valence-electron chi connectivity index (χ4n) is 2.62. The molecular formula is C15H20N4S. The van der Waals surface area contributed by atoms with Crippen LogP contribution in [0.4, 0.5) is 0 Å². The van der Waals surface area contributed by atoms with Gasteiger partial charge in [0.25, 0.3) is 0 Å². The van der Waals surface area contributed by atoms with Crippen molar-refractivity contribution in [1.29, 1.82) is 0 Å². The van der Waals surface area contributed by atoms with Gasteiger partial charge in [0.2, 0.25) is 0 Å². The van der Waals surface area contributed by atoms with Crippen molar-refractivity contribution in [3.05, 3.63) is 28.7 Å². The number of fused-ring (bicyclic) bond motifs is 1. The first-order chi connectivity index (χ1) is 9.78. The average molecular weight is 288 g/mol. The van der Waals surface area contributed by atoms with E-state index in [1.807, 2.05) is 19.2 Å². The monoisotopic (exact) mass is 288 g/mol.